The summed E-state index contributed by atoms with van der Waals surface area (Å²) >= 11 is 0. The summed E-state index contributed by atoms with van der Waals surface area (Å²) in [7, 11) is 3.46. The summed E-state index contributed by atoms with van der Waals surface area (Å²) in [6, 6.07) is 5.42. The second-order valence-electron chi connectivity index (χ2n) is 2.98. The van der Waals surface area contributed by atoms with Gasteiger partial charge in [0.15, 0.2) is 0 Å². The third kappa shape index (κ3) is 1.99. The molecule has 0 saturated heterocycles. The molecule has 1 heterocycles. The maximum absolute atomic E-state index is 11.0. The summed E-state index contributed by atoms with van der Waals surface area (Å²) in [6.07, 6.45) is 1.82. The van der Waals surface area contributed by atoms with Crippen LogP contribution in [0.3, 0.4) is 0 Å². The van der Waals surface area contributed by atoms with Crippen molar-refractivity contribution in [1.29, 1.82) is 5.26 Å². The van der Waals surface area contributed by atoms with E-state index in [0.717, 1.165) is 5.69 Å². The van der Waals surface area contributed by atoms with Crippen molar-refractivity contribution in [3.05, 3.63) is 29.6 Å². The highest BCUT2D eigenvalue weighted by Crippen LogP contribution is 2.15. The Kier molecular flexibility index (Phi) is 3.13. The highest BCUT2D eigenvalue weighted by Gasteiger charge is 2.14. The molecule has 3 N–H and O–H groups in total. The molecule has 5 heteroatoms. The van der Waals surface area contributed by atoms with E-state index in [2.05, 4.69) is 5.32 Å². The van der Waals surface area contributed by atoms with Crippen LogP contribution in [0.15, 0.2) is 23.9 Å². The maximum Gasteiger partial charge on any atom is 0.261 e. The third-order valence-electron chi connectivity index (χ3n) is 2.06. The number of nitrogens with one attached hydrogen (secondary N) is 1. The summed E-state index contributed by atoms with van der Waals surface area (Å²) in [5.74, 6) is -0.733. The molecule has 1 amide bonds. The van der Waals surface area contributed by atoms with Crippen molar-refractivity contribution in [1.82, 2.24) is 9.88 Å². The molecule has 0 atom stereocenters. The van der Waals surface area contributed by atoms with E-state index in [0.29, 0.717) is 5.70 Å². The Balaban J connectivity index is 3.37. The van der Waals surface area contributed by atoms with Crippen LogP contribution in [0.2, 0.25) is 0 Å². The van der Waals surface area contributed by atoms with Gasteiger partial charge in [-0.3, -0.25) is 4.79 Å². The van der Waals surface area contributed by atoms with Gasteiger partial charge in [0.2, 0.25) is 0 Å². The normalized spacial score (nSPS) is 11.5. The Morgan fingerprint density at radius 2 is 2.33 bits per heavy atom. The minimum Gasteiger partial charge on any atom is -0.385 e. The van der Waals surface area contributed by atoms with E-state index in [1.807, 2.05) is 19.3 Å². The van der Waals surface area contributed by atoms with Gasteiger partial charge >= 0.3 is 0 Å². The molecule has 1 aromatic rings. The average molecular weight is 204 g/mol. The lowest BCUT2D eigenvalue weighted by molar-refractivity contribution is -0.114. The first-order valence-corrected chi connectivity index (χ1v) is 4.35. The minimum absolute atomic E-state index is 0.0701. The first-order chi connectivity index (χ1) is 7.11. The van der Waals surface area contributed by atoms with Crippen molar-refractivity contribution in [2.75, 3.05) is 7.05 Å². The van der Waals surface area contributed by atoms with Crippen molar-refractivity contribution in [3.8, 4) is 6.07 Å². The van der Waals surface area contributed by atoms with Crippen LogP contribution < -0.4 is 11.1 Å². The average Bonchev–Trinajstić information content (AvgIpc) is 2.60. The summed E-state index contributed by atoms with van der Waals surface area (Å²) in [6.45, 7) is 0. The molecule has 5 nitrogen and oxygen atoms in total. The van der Waals surface area contributed by atoms with Crippen molar-refractivity contribution in [2.24, 2.45) is 12.8 Å². The van der Waals surface area contributed by atoms with Gasteiger partial charge in [0, 0.05) is 20.3 Å². The second kappa shape index (κ2) is 4.33. The van der Waals surface area contributed by atoms with E-state index in [4.69, 9.17) is 11.0 Å². The summed E-state index contributed by atoms with van der Waals surface area (Å²) in [5, 5.41) is 11.6. The van der Waals surface area contributed by atoms with Crippen LogP contribution in [0.1, 0.15) is 5.69 Å². The van der Waals surface area contributed by atoms with E-state index in [1.165, 1.54) is 0 Å². The quantitative estimate of drug-likeness (QED) is 0.535. The highest BCUT2D eigenvalue weighted by atomic mass is 16.1. The summed E-state index contributed by atoms with van der Waals surface area (Å²) in [4.78, 5) is 11.0. The molecule has 0 aliphatic carbocycles. The van der Waals surface area contributed by atoms with Crippen LogP contribution in [0, 0.1) is 11.3 Å². The molecule has 1 aromatic heterocycles. The number of nitrogens with two attached hydrogens (primary N) is 1. The van der Waals surface area contributed by atoms with Gasteiger partial charge in [0.25, 0.3) is 5.91 Å². The lowest BCUT2D eigenvalue weighted by atomic mass is 10.1. The van der Waals surface area contributed by atoms with Gasteiger partial charge in [-0.2, -0.15) is 5.26 Å². The molecular weight excluding hydrogens is 192 g/mol. The number of nitriles is 1. The van der Waals surface area contributed by atoms with Gasteiger partial charge in [-0.25, -0.2) is 0 Å². The first-order valence-electron chi connectivity index (χ1n) is 4.35. The number of hydrogen-bond acceptors (Lipinski definition) is 3. The molecule has 15 heavy (non-hydrogen) atoms. The second-order valence-corrected chi connectivity index (χ2v) is 2.98. The van der Waals surface area contributed by atoms with E-state index in [1.54, 1.807) is 23.8 Å². The van der Waals surface area contributed by atoms with Crippen molar-refractivity contribution < 1.29 is 4.79 Å². The molecule has 1 rings (SSSR count). The minimum atomic E-state index is -0.733. The number of nitrogens with zero attached hydrogens (tertiary/aromatic N) is 2. The number of primary amides is 1. The SMILES string of the molecule is CN/C(=C(/C#N)C(N)=O)c1cccn1C. The highest BCUT2D eigenvalue weighted by molar-refractivity contribution is 6.03. The number of carbonyl (C=O) groups excluding carboxylic acids is 1. The standard InChI is InChI=1S/C10H12N4O/c1-13-9(7(6-11)10(12)15)8-4-3-5-14(8)2/h3-5,13H,1-2H3,(H2,12,15)/b9-7-. The number of aromatic nitrogens is 1. The van der Waals surface area contributed by atoms with E-state index in [-0.39, 0.29) is 5.57 Å². The zero-order chi connectivity index (χ0) is 11.4. The van der Waals surface area contributed by atoms with Crippen LogP contribution in [-0.2, 0) is 11.8 Å². The Morgan fingerprint density at radius 1 is 1.67 bits per heavy atom. The molecule has 0 fully saturated rings. The Morgan fingerprint density at radius 3 is 2.67 bits per heavy atom. The number of carbonyl (C=O) groups is 1. The fourth-order valence-corrected chi connectivity index (χ4v) is 1.34. The van der Waals surface area contributed by atoms with Crippen LogP contribution >= 0.6 is 0 Å². The summed E-state index contributed by atoms with van der Waals surface area (Å²) < 4.78 is 1.80. The maximum atomic E-state index is 11.0. The van der Waals surface area contributed by atoms with Crippen LogP contribution in [0.4, 0.5) is 0 Å². The Bertz CT molecular complexity index is 450. The van der Waals surface area contributed by atoms with E-state index in [9.17, 15) is 4.79 Å². The molecule has 0 bridgehead atoms. The Hall–Kier alpha value is -2.22. The molecule has 0 aliphatic rings. The predicted molar refractivity (Wildman–Crippen MR) is 56.2 cm³/mol. The van der Waals surface area contributed by atoms with Crippen molar-refractivity contribution >= 4 is 11.6 Å². The zero-order valence-electron chi connectivity index (χ0n) is 8.61. The van der Waals surface area contributed by atoms with Crippen LogP contribution in [0.5, 0.6) is 0 Å². The molecule has 0 saturated carbocycles. The van der Waals surface area contributed by atoms with Gasteiger partial charge in [-0.15, -0.1) is 0 Å². The zero-order valence-corrected chi connectivity index (χ0v) is 8.61. The molecule has 0 aromatic carbocycles. The van der Waals surface area contributed by atoms with Gasteiger partial charge in [0.05, 0.1) is 11.4 Å². The van der Waals surface area contributed by atoms with E-state index < -0.39 is 5.91 Å². The number of rotatable bonds is 3. The molecule has 78 valence electrons. The number of amides is 1. The molecule has 0 radical (unpaired) electrons. The topological polar surface area (TPSA) is 83.8 Å². The van der Waals surface area contributed by atoms with Gasteiger partial charge in [-0.05, 0) is 12.1 Å². The third-order valence-corrected chi connectivity index (χ3v) is 2.06. The molecule has 0 spiro atoms. The van der Waals surface area contributed by atoms with Crippen molar-refractivity contribution in [3.63, 3.8) is 0 Å². The Labute approximate surface area is 87.8 Å². The predicted octanol–water partition coefficient (Wildman–Crippen LogP) is -0.0355. The number of hydrogen-bond donors (Lipinski definition) is 2. The number of aryl methyl sites for hydroxylation is 1. The van der Waals surface area contributed by atoms with Crippen LogP contribution in [-0.4, -0.2) is 17.5 Å². The van der Waals surface area contributed by atoms with Gasteiger partial charge in [-0.1, -0.05) is 0 Å². The van der Waals surface area contributed by atoms with Crippen LogP contribution in [0.25, 0.3) is 5.70 Å². The molecule has 0 unspecified atom stereocenters. The van der Waals surface area contributed by atoms with Crippen molar-refractivity contribution in [2.45, 2.75) is 0 Å². The molecule has 0 aliphatic heterocycles. The van der Waals surface area contributed by atoms with Gasteiger partial charge in [0.1, 0.15) is 11.6 Å². The fraction of sp³-hybridized carbons (Fsp3) is 0.200. The smallest absolute Gasteiger partial charge is 0.261 e. The molecular formula is C10H12N4O. The monoisotopic (exact) mass is 204 g/mol. The summed E-state index contributed by atoms with van der Waals surface area (Å²) in [5.41, 5.74) is 6.23. The first kappa shape index (κ1) is 10.9. The largest absolute Gasteiger partial charge is 0.385 e. The lowest BCUT2D eigenvalue weighted by Crippen LogP contribution is -2.20. The van der Waals surface area contributed by atoms with E-state index >= 15 is 0 Å². The lowest BCUT2D eigenvalue weighted by Gasteiger charge is -2.09. The fourth-order valence-electron chi connectivity index (χ4n) is 1.34. The van der Waals surface area contributed by atoms with Gasteiger partial charge < -0.3 is 15.6 Å².